The van der Waals surface area contributed by atoms with Gasteiger partial charge in [0.25, 0.3) is 0 Å². The summed E-state index contributed by atoms with van der Waals surface area (Å²) in [5.41, 5.74) is 4.83. The molecule has 0 unspecified atom stereocenters. The lowest BCUT2D eigenvalue weighted by molar-refractivity contribution is -0.128. The molecule has 0 atom stereocenters. The fourth-order valence-corrected chi connectivity index (χ4v) is 4.51. The van der Waals surface area contributed by atoms with Gasteiger partial charge >= 0.3 is 0 Å². The number of aromatic nitrogens is 4. The first-order valence-electron chi connectivity index (χ1n) is 10.00. The second-order valence-corrected chi connectivity index (χ2v) is 8.17. The first kappa shape index (κ1) is 19.6. The third kappa shape index (κ3) is 4.34. The standard InChI is InChI=1S/C22H25N5OS/c1-3-26(13-17-8-5-4-6-9-17)22(28)14-29-21-12-20(23-15-24-21)27-19-11-7-10-18(19)16(2)25-27/h4-6,8-9,12,15H,3,7,10-11,13-14H2,1-2H3. The average Bonchev–Trinajstić information content (AvgIpc) is 3.35. The fraction of sp³-hybridized carbons (Fsp3) is 0.364. The molecule has 0 radical (unpaired) electrons. The molecule has 1 aliphatic carbocycles. The van der Waals surface area contributed by atoms with Crippen LogP contribution in [0.3, 0.4) is 0 Å². The summed E-state index contributed by atoms with van der Waals surface area (Å²) in [6.45, 7) is 5.38. The van der Waals surface area contributed by atoms with Crippen LogP contribution in [0.5, 0.6) is 0 Å². The molecule has 0 aliphatic heterocycles. The van der Waals surface area contributed by atoms with Crippen molar-refractivity contribution in [2.75, 3.05) is 12.3 Å². The Kier molecular flexibility index (Phi) is 5.94. The fourth-order valence-electron chi connectivity index (χ4n) is 3.74. The molecule has 150 valence electrons. The van der Waals surface area contributed by atoms with Crippen molar-refractivity contribution >= 4 is 17.7 Å². The van der Waals surface area contributed by atoms with E-state index in [1.807, 2.05) is 52.9 Å². The van der Waals surface area contributed by atoms with Crippen LogP contribution in [0.15, 0.2) is 47.8 Å². The van der Waals surface area contributed by atoms with Crippen LogP contribution < -0.4 is 0 Å². The predicted molar refractivity (Wildman–Crippen MR) is 114 cm³/mol. The summed E-state index contributed by atoms with van der Waals surface area (Å²) in [5.74, 6) is 1.24. The Bertz CT molecular complexity index is 1000. The van der Waals surface area contributed by atoms with Gasteiger partial charge in [-0.1, -0.05) is 42.1 Å². The summed E-state index contributed by atoms with van der Waals surface area (Å²) in [6, 6.07) is 12.0. The number of carbonyl (C=O) groups is 1. The van der Waals surface area contributed by atoms with E-state index in [1.165, 1.54) is 29.4 Å². The largest absolute Gasteiger partial charge is 0.338 e. The Labute approximate surface area is 175 Å². The van der Waals surface area contributed by atoms with Crippen molar-refractivity contribution in [1.82, 2.24) is 24.6 Å². The van der Waals surface area contributed by atoms with Gasteiger partial charge in [0.05, 0.1) is 11.4 Å². The van der Waals surface area contributed by atoms with Crippen molar-refractivity contribution in [2.24, 2.45) is 0 Å². The van der Waals surface area contributed by atoms with Crippen molar-refractivity contribution in [2.45, 2.75) is 44.7 Å². The van der Waals surface area contributed by atoms with Crippen molar-refractivity contribution < 1.29 is 4.79 Å². The second-order valence-electron chi connectivity index (χ2n) is 7.17. The molecule has 0 bridgehead atoms. The van der Waals surface area contributed by atoms with Crippen LogP contribution in [-0.2, 0) is 24.2 Å². The predicted octanol–water partition coefficient (Wildman–Crippen LogP) is 3.60. The molecule has 3 aromatic rings. The van der Waals surface area contributed by atoms with Gasteiger partial charge in [-0.05, 0) is 44.2 Å². The third-order valence-electron chi connectivity index (χ3n) is 5.27. The highest BCUT2D eigenvalue weighted by Crippen LogP contribution is 2.27. The maximum Gasteiger partial charge on any atom is 0.233 e. The molecule has 0 spiro atoms. The van der Waals surface area contributed by atoms with Crippen LogP contribution in [0.1, 0.15) is 35.9 Å². The number of nitrogens with zero attached hydrogens (tertiary/aromatic N) is 5. The van der Waals surface area contributed by atoms with Crippen LogP contribution in [-0.4, -0.2) is 42.9 Å². The van der Waals surface area contributed by atoms with Gasteiger partial charge in [-0.25, -0.2) is 14.6 Å². The van der Waals surface area contributed by atoms with Crippen LogP contribution in [0.2, 0.25) is 0 Å². The van der Waals surface area contributed by atoms with Gasteiger partial charge in [0.2, 0.25) is 5.91 Å². The maximum atomic E-state index is 12.7. The zero-order valence-electron chi connectivity index (χ0n) is 16.8. The topological polar surface area (TPSA) is 63.9 Å². The molecule has 1 aliphatic rings. The van der Waals surface area contributed by atoms with E-state index in [-0.39, 0.29) is 5.91 Å². The van der Waals surface area contributed by atoms with E-state index in [0.29, 0.717) is 18.8 Å². The highest BCUT2D eigenvalue weighted by atomic mass is 32.2. The van der Waals surface area contributed by atoms with Crippen molar-refractivity contribution in [3.63, 3.8) is 0 Å². The van der Waals surface area contributed by atoms with E-state index >= 15 is 0 Å². The third-order valence-corrected chi connectivity index (χ3v) is 6.18. The molecule has 0 saturated carbocycles. The van der Waals surface area contributed by atoms with Crippen molar-refractivity contribution in [1.29, 1.82) is 0 Å². The number of hydrogen-bond acceptors (Lipinski definition) is 5. The molecule has 4 rings (SSSR count). The van der Waals surface area contributed by atoms with Gasteiger partial charge in [0.15, 0.2) is 5.82 Å². The molecule has 1 amide bonds. The molecule has 7 heteroatoms. The van der Waals surface area contributed by atoms with E-state index in [0.717, 1.165) is 34.9 Å². The summed E-state index contributed by atoms with van der Waals surface area (Å²) in [4.78, 5) is 23.3. The smallest absolute Gasteiger partial charge is 0.233 e. The number of benzene rings is 1. The highest BCUT2D eigenvalue weighted by Gasteiger charge is 2.22. The monoisotopic (exact) mass is 407 g/mol. The molecule has 6 nitrogen and oxygen atoms in total. The summed E-state index contributed by atoms with van der Waals surface area (Å²) >= 11 is 1.45. The van der Waals surface area contributed by atoms with Gasteiger partial charge < -0.3 is 4.90 Å². The zero-order chi connectivity index (χ0) is 20.2. The van der Waals surface area contributed by atoms with Crippen LogP contribution in [0.4, 0.5) is 0 Å². The summed E-state index contributed by atoms with van der Waals surface area (Å²) in [7, 11) is 0. The van der Waals surface area contributed by atoms with E-state index in [4.69, 9.17) is 0 Å². The lowest BCUT2D eigenvalue weighted by Crippen LogP contribution is -2.31. The first-order valence-corrected chi connectivity index (χ1v) is 11.0. The number of thioether (sulfide) groups is 1. The lowest BCUT2D eigenvalue weighted by atomic mass is 10.2. The minimum absolute atomic E-state index is 0.109. The summed E-state index contributed by atoms with van der Waals surface area (Å²) in [6.07, 6.45) is 4.86. The number of rotatable bonds is 7. The van der Waals surface area contributed by atoms with Gasteiger partial charge in [0.1, 0.15) is 11.4 Å². The zero-order valence-corrected chi connectivity index (χ0v) is 17.7. The molecule has 2 aromatic heterocycles. The van der Waals surface area contributed by atoms with Gasteiger partial charge in [-0.3, -0.25) is 4.79 Å². The molecule has 0 fully saturated rings. The Morgan fingerprint density at radius 2 is 2.03 bits per heavy atom. The molecule has 0 N–H and O–H groups in total. The minimum atomic E-state index is 0.109. The van der Waals surface area contributed by atoms with Crippen molar-refractivity contribution in [3.8, 4) is 5.82 Å². The Balaban J connectivity index is 1.43. The van der Waals surface area contributed by atoms with Crippen molar-refractivity contribution in [3.05, 3.63) is 65.2 Å². The molecule has 1 aromatic carbocycles. The molecular weight excluding hydrogens is 382 g/mol. The average molecular weight is 408 g/mol. The Hall–Kier alpha value is -2.67. The van der Waals surface area contributed by atoms with Crippen LogP contribution >= 0.6 is 11.8 Å². The summed E-state index contributed by atoms with van der Waals surface area (Å²) < 4.78 is 1.94. The normalized spacial score (nSPS) is 12.8. The maximum absolute atomic E-state index is 12.7. The second kappa shape index (κ2) is 8.78. The number of amides is 1. The Morgan fingerprint density at radius 1 is 1.21 bits per heavy atom. The molecule has 0 saturated heterocycles. The van der Waals surface area contributed by atoms with E-state index in [9.17, 15) is 4.79 Å². The quantitative estimate of drug-likeness (QED) is 0.442. The van der Waals surface area contributed by atoms with Gasteiger partial charge in [0, 0.05) is 24.8 Å². The highest BCUT2D eigenvalue weighted by molar-refractivity contribution is 7.99. The number of fused-ring (bicyclic) bond motifs is 1. The van der Waals surface area contributed by atoms with E-state index in [2.05, 4.69) is 22.0 Å². The van der Waals surface area contributed by atoms with E-state index < -0.39 is 0 Å². The molecular formula is C22H25N5OS. The number of aryl methyl sites for hydroxylation is 1. The van der Waals surface area contributed by atoms with Gasteiger partial charge in [-0.2, -0.15) is 5.10 Å². The SMILES string of the molecule is CCN(Cc1ccccc1)C(=O)CSc1cc(-n2nc(C)c3c2CCC3)ncn1. The first-order chi connectivity index (χ1) is 14.2. The lowest BCUT2D eigenvalue weighted by Gasteiger charge is -2.20. The number of hydrogen-bond donors (Lipinski definition) is 0. The number of carbonyl (C=O) groups excluding carboxylic acids is 1. The summed E-state index contributed by atoms with van der Waals surface area (Å²) in [5, 5.41) is 5.46. The van der Waals surface area contributed by atoms with Crippen LogP contribution in [0, 0.1) is 6.92 Å². The van der Waals surface area contributed by atoms with Crippen LogP contribution in [0.25, 0.3) is 5.82 Å². The Morgan fingerprint density at radius 3 is 2.83 bits per heavy atom. The minimum Gasteiger partial charge on any atom is -0.338 e. The molecule has 2 heterocycles. The van der Waals surface area contributed by atoms with E-state index in [1.54, 1.807) is 6.33 Å². The van der Waals surface area contributed by atoms with Gasteiger partial charge in [-0.15, -0.1) is 0 Å². The molecule has 29 heavy (non-hydrogen) atoms.